The lowest BCUT2D eigenvalue weighted by atomic mass is 10.1. The Morgan fingerprint density at radius 2 is 2.00 bits per heavy atom. The van der Waals surface area contributed by atoms with E-state index in [-0.39, 0.29) is 5.56 Å². The first kappa shape index (κ1) is 14.2. The molecule has 4 nitrogen and oxygen atoms in total. The number of hydrogen-bond acceptors (Lipinski definition) is 4. The number of nitrogens with two attached hydrogens (primary N) is 1. The predicted octanol–water partition coefficient (Wildman–Crippen LogP) is 3.78. The van der Waals surface area contributed by atoms with Crippen molar-refractivity contribution in [3.8, 4) is 11.3 Å². The summed E-state index contributed by atoms with van der Waals surface area (Å²) in [5.41, 5.74) is 7.94. The van der Waals surface area contributed by atoms with Crippen molar-refractivity contribution < 1.29 is 9.18 Å². The van der Waals surface area contributed by atoms with Crippen LogP contribution in [-0.4, -0.2) is 10.9 Å². The number of thiazole rings is 1. The minimum Gasteiger partial charge on any atom is -0.399 e. The first-order valence-electron chi connectivity index (χ1n) is 6.51. The zero-order chi connectivity index (χ0) is 15.5. The lowest BCUT2D eigenvalue weighted by molar-refractivity contribution is 0.102. The first-order chi connectivity index (χ1) is 10.6. The van der Waals surface area contributed by atoms with Gasteiger partial charge in [-0.3, -0.25) is 10.1 Å². The highest BCUT2D eigenvalue weighted by atomic mass is 32.1. The number of nitrogens with one attached hydrogen (secondary N) is 1. The number of anilines is 2. The summed E-state index contributed by atoms with van der Waals surface area (Å²) >= 11 is 1.27. The maximum atomic E-state index is 13.6. The van der Waals surface area contributed by atoms with E-state index in [0.29, 0.717) is 16.5 Å². The predicted molar refractivity (Wildman–Crippen MR) is 86.3 cm³/mol. The van der Waals surface area contributed by atoms with E-state index >= 15 is 0 Å². The van der Waals surface area contributed by atoms with Crippen molar-refractivity contribution in [3.63, 3.8) is 0 Å². The molecule has 1 amide bonds. The summed E-state index contributed by atoms with van der Waals surface area (Å²) in [4.78, 5) is 16.4. The van der Waals surface area contributed by atoms with Crippen LogP contribution in [0.4, 0.5) is 15.2 Å². The summed E-state index contributed by atoms with van der Waals surface area (Å²) in [5, 5.41) is 4.82. The molecule has 0 aliphatic heterocycles. The molecule has 3 N–H and O–H groups in total. The Morgan fingerprint density at radius 1 is 1.18 bits per heavy atom. The van der Waals surface area contributed by atoms with Crippen molar-refractivity contribution in [1.29, 1.82) is 0 Å². The fourth-order valence-electron chi connectivity index (χ4n) is 1.97. The van der Waals surface area contributed by atoms with Gasteiger partial charge in [0.25, 0.3) is 5.91 Å². The van der Waals surface area contributed by atoms with Crippen LogP contribution in [0.1, 0.15) is 10.4 Å². The highest BCUT2D eigenvalue weighted by Gasteiger charge is 2.13. The molecular formula is C16H12FN3OS. The Morgan fingerprint density at radius 3 is 2.77 bits per heavy atom. The summed E-state index contributed by atoms with van der Waals surface area (Å²) in [7, 11) is 0. The molecule has 0 saturated heterocycles. The molecule has 1 heterocycles. The minimum atomic E-state index is -0.562. The molecule has 110 valence electrons. The minimum absolute atomic E-state index is 0.0109. The maximum Gasteiger partial charge on any atom is 0.260 e. The number of halogens is 1. The summed E-state index contributed by atoms with van der Waals surface area (Å²) in [6, 6.07) is 13.1. The van der Waals surface area contributed by atoms with E-state index in [9.17, 15) is 9.18 Å². The third-order valence-corrected chi connectivity index (χ3v) is 3.78. The van der Waals surface area contributed by atoms with Crippen LogP contribution in [0.2, 0.25) is 0 Å². The normalized spacial score (nSPS) is 10.4. The molecule has 0 saturated carbocycles. The lowest BCUT2D eigenvalue weighted by Crippen LogP contribution is -2.13. The molecule has 0 aliphatic carbocycles. The van der Waals surface area contributed by atoms with Gasteiger partial charge in [0.1, 0.15) is 5.82 Å². The molecule has 0 aliphatic rings. The fourth-order valence-corrected chi connectivity index (χ4v) is 2.69. The number of aromatic nitrogens is 1. The molecule has 2 aromatic carbocycles. The monoisotopic (exact) mass is 313 g/mol. The summed E-state index contributed by atoms with van der Waals surface area (Å²) in [6.45, 7) is 0. The molecule has 6 heteroatoms. The number of carbonyl (C=O) groups is 1. The Balaban J connectivity index is 1.80. The average molecular weight is 313 g/mol. The SMILES string of the molecule is Nc1cccc(-c2csc(NC(=O)c3ccccc3F)n2)c1. The Bertz CT molecular complexity index is 832. The topological polar surface area (TPSA) is 68.0 Å². The van der Waals surface area contributed by atoms with Crippen LogP contribution in [-0.2, 0) is 0 Å². The summed E-state index contributed by atoms with van der Waals surface area (Å²) in [5.74, 6) is -1.08. The standard InChI is InChI=1S/C16H12FN3OS/c17-13-7-2-1-6-12(13)15(21)20-16-19-14(9-22-16)10-4-3-5-11(18)8-10/h1-9H,18H2,(H,19,20,21). The van der Waals surface area contributed by atoms with Gasteiger partial charge in [-0.05, 0) is 24.3 Å². The maximum absolute atomic E-state index is 13.6. The number of hydrogen-bond donors (Lipinski definition) is 2. The number of nitrogens with zero attached hydrogens (tertiary/aromatic N) is 1. The Labute approximate surface area is 130 Å². The van der Waals surface area contributed by atoms with Gasteiger partial charge in [-0.15, -0.1) is 11.3 Å². The van der Waals surface area contributed by atoms with Crippen LogP contribution in [0.5, 0.6) is 0 Å². The smallest absolute Gasteiger partial charge is 0.260 e. The van der Waals surface area contributed by atoms with Gasteiger partial charge in [0.15, 0.2) is 5.13 Å². The van der Waals surface area contributed by atoms with Crippen molar-refractivity contribution in [3.05, 3.63) is 65.3 Å². The largest absolute Gasteiger partial charge is 0.399 e. The van der Waals surface area contributed by atoms with E-state index < -0.39 is 11.7 Å². The molecule has 3 rings (SSSR count). The second-order valence-electron chi connectivity index (χ2n) is 4.60. The second kappa shape index (κ2) is 5.95. The summed E-state index contributed by atoms with van der Waals surface area (Å²) < 4.78 is 13.6. The zero-order valence-corrected chi connectivity index (χ0v) is 12.2. The molecule has 3 aromatic rings. The van der Waals surface area contributed by atoms with Crippen molar-refractivity contribution in [1.82, 2.24) is 4.98 Å². The molecule has 22 heavy (non-hydrogen) atoms. The van der Waals surface area contributed by atoms with E-state index in [0.717, 1.165) is 5.56 Å². The molecule has 0 bridgehead atoms. The van der Waals surface area contributed by atoms with Gasteiger partial charge in [-0.1, -0.05) is 24.3 Å². The fraction of sp³-hybridized carbons (Fsp3) is 0. The Kier molecular flexibility index (Phi) is 3.84. The van der Waals surface area contributed by atoms with Crippen LogP contribution in [0.3, 0.4) is 0 Å². The number of rotatable bonds is 3. The van der Waals surface area contributed by atoms with Gasteiger partial charge in [0, 0.05) is 16.6 Å². The van der Waals surface area contributed by atoms with Crippen LogP contribution >= 0.6 is 11.3 Å². The zero-order valence-electron chi connectivity index (χ0n) is 11.4. The Hall–Kier alpha value is -2.73. The van der Waals surface area contributed by atoms with Gasteiger partial charge < -0.3 is 5.73 Å². The van der Waals surface area contributed by atoms with Crippen molar-refractivity contribution >= 4 is 28.1 Å². The highest BCUT2D eigenvalue weighted by molar-refractivity contribution is 7.14. The number of nitrogen functional groups attached to an aromatic ring is 1. The molecular weight excluding hydrogens is 301 g/mol. The number of amides is 1. The third kappa shape index (κ3) is 2.96. The van der Waals surface area contributed by atoms with E-state index in [1.54, 1.807) is 18.2 Å². The quantitative estimate of drug-likeness (QED) is 0.723. The molecule has 0 unspecified atom stereocenters. The molecule has 0 fully saturated rings. The van der Waals surface area contributed by atoms with E-state index in [1.165, 1.54) is 29.5 Å². The van der Waals surface area contributed by atoms with Gasteiger partial charge in [0.05, 0.1) is 11.3 Å². The van der Waals surface area contributed by atoms with Gasteiger partial charge in [-0.25, -0.2) is 9.37 Å². The van der Waals surface area contributed by atoms with Crippen LogP contribution < -0.4 is 11.1 Å². The number of benzene rings is 2. The second-order valence-corrected chi connectivity index (χ2v) is 5.46. The highest BCUT2D eigenvalue weighted by Crippen LogP contribution is 2.26. The average Bonchev–Trinajstić information content (AvgIpc) is 2.96. The molecule has 1 aromatic heterocycles. The lowest BCUT2D eigenvalue weighted by Gasteiger charge is -2.02. The van der Waals surface area contributed by atoms with E-state index in [4.69, 9.17) is 5.73 Å². The number of carbonyl (C=O) groups excluding carboxylic acids is 1. The van der Waals surface area contributed by atoms with Crippen LogP contribution in [0.15, 0.2) is 53.9 Å². The van der Waals surface area contributed by atoms with Crippen molar-refractivity contribution in [2.45, 2.75) is 0 Å². The third-order valence-electron chi connectivity index (χ3n) is 3.03. The van der Waals surface area contributed by atoms with Gasteiger partial charge in [-0.2, -0.15) is 0 Å². The van der Waals surface area contributed by atoms with Gasteiger partial charge in [0.2, 0.25) is 0 Å². The van der Waals surface area contributed by atoms with Crippen LogP contribution in [0, 0.1) is 5.82 Å². The van der Waals surface area contributed by atoms with E-state index in [2.05, 4.69) is 10.3 Å². The van der Waals surface area contributed by atoms with Crippen LogP contribution in [0.25, 0.3) is 11.3 Å². The van der Waals surface area contributed by atoms with Crippen molar-refractivity contribution in [2.24, 2.45) is 0 Å². The van der Waals surface area contributed by atoms with Gasteiger partial charge >= 0.3 is 0 Å². The van der Waals surface area contributed by atoms with E-state index in [1.807, 2.05) is 17.5 Å². The molecule has 0 atom stereocenters. The molecule has 0 spiro atoms. The molecule has 0 radical (unpaired) electrons. The first-order valence-corrected chi connectivity index (χ1v) is 7.39. The van der Waals surface area contributed by atoms with Crippen molar-refractivity contribution in [2.75, 3.05) is 11.1 Å². The summed E-state index contributed by atoms with van der Waals surface area (Å²) in [6.07, 6.45) is 0.